The Morgan fingerprint density at radius 3 is 2.69 bits per heavy atom. The van der Waals surface area contributed by atoms with E-state index in [0.717, 1.165) is 23.1 Å². The Labute approximate surface area is 183 Å². The molecule has 4 rings (SSSR count). The van der Waals surface area contributed by atoms with Gasteiger partial charge in [-0.3, -0.25) is 0 Å². The first-order chi connectivity index (χ1) is 14.1. The molecule has 0 spiro atoms. The van der Waals surface area contributed by atoms with Crippen molar-refractivity contribution in [1.82, 2.24) is 9.55 Å². The lowest BCUT2D eigenvalue weighted by Gasteiger charge is -2.28. The highest BCUT2D eigenvalue weighted by atomic mass is 79.9. The number of benzene rings is 2. The topological polar surface area (TPSA) is 45.5 Å². The van der Waals surface area contributed by atoms with Gasteiger partial charge in [-0.1, -0.05) is 39.7 Å². The zero-order chi connectivity index (χ0) is 20.1. The van der Waals surface area contributed by atoms with Gasteiger partial charge in [0.2, 0.25) is 0 Å². The summed E-state index contributed by atoms with van der Waals surface area (Å²) in [5.74, 6) is 0.0573. The fraction of sp³-hybridized carbons (Fsp3) is 0.318. The summed E-state index contributed by atoms with van der Waals surface area (Å²) in [7, 11) is 0. The molecule has 1 aliphatic heterocycles. The Bertz CT molecular complexity index is 903. The van der Waals surface area contributed by atoms with Crippen LogP contribution < -0.4 is 4.74 Å². The van der Waals surface area contributed by atoms with E-state index in [0.29, 0.717) is 24.8 Å². The molecule has 0 amide bonds. The molecule has 2 aromatic carbocycles. The van der Waals surface area contributed by atoms with E-state index in [4.69, 9.17) is 25.8 Å². The zero-order valence-electron chi connectivity index (χ0n) is 15.8. The lowest BCUT2D eigenvalue weighted by Crippen LogP contribution is -2.37. The van der Waals surface area contributed by atoms with Gasteiger partial charge in [-0.05, 0) is 48.4 Å². The minimum absolute atomic E-state index is 0.140. The molecule has 7 heteroatoms. The molecule has 0 radical (unpaired) electrons. The molecule has 3 aromatic rings. The molecule has 0 bridgehead atoms. The Kier molecular flexibility index (Phi) is 6.55. The molecule has 2 atom stereocenters. The van der Waals surface area contributed by atoms with Crippen molar-refractivity contribution in [2.75, 3.05) is 13.2 Å². The van der Waals surface area contributed by atoms with E-state index in [1.165, 1.54) is 5.56 Å². The molecule has 1 aliphatic rings. The van der Waals surface area contributed by atoms with Crippen LogP contribution in [0, 0.1) is 0 Å². The maximum Gasteiger partial charge on any atom is 0.187 e. The number of halogens is 2. The first-order valence-corrected chi connectivity index (χ1v) is 10.7. The summed E-state index contributed by atoms with van der Waals surface area (Å²) in [6.07, 6.45) is 6.92. The van der Waals surface area contributed by atoms with Crippen molar-refractivity contribution >= 4 is 27.5 Å². The summed E-state index contributed by atoms with van der Waals surface area (Å²) in [5.41, 5.74) is 1.24. The Hall–Kier alpha value is -1.86. The second-order valence-corrected chi connectivity index (χ2v) is 8.44. The van der Waals surface area contributed by atoms with E-state index in [1.54, 1.807) is 12.5 Å². The third-order valence-electron chi connectivity index (χ3n) is 4.85. The number of ether oxygens (including phenoxy) is 3. The number of nitrogens with zero attached hydrogens (tertiary/aromatic N) is 2. The highest BCUT2D eigenvalue weighted by Crippen LogP contribution is 2.31. The zero-order valence-corrected chi connectivity index (χ0v) is 18.2. The van der Waals surface area contributed by atoms with Crippen molar-refractivity contribution in [2.45, 2.75) is 31.3 Å². The van der Waals surface area contributed by atoms with Gasteiger partial charge < -0.3 is 18.8 Å². The second kappa shape index (κ2) is 9.30. The van der Waals surface area contributed by atoms with E-state index in [2.05, 4.69) is 45.2 Å². The van der Waals surface area contributed by atoms with Crippen molar-refractivity contribution in [2.24, 2.45) is 0 Å². The van der Waals surface area contributed by atoms with Gasteiger partial charge in [0.15, 0.2) is 5.79 Å². The van der Waals surface area contributed by atoms with Crippen molar-refractivity contribution in [3.8, 4) is 5.75 Å². The third kappa shape index (κ3) is 5.60. The molecule has 29 heavy (non-hydrogen) atoms. The summed E-state index contributed by atoms with van der Waals surface area (Å²) < 4.78 is 21.5. The van der Waals surface area contributed by atoms with Gasteiger partial charge in [0.1, 0.15) is 18.5 Å². The fourth-order valence-corrected chi connectivity index (χ4v) is 3.75. The average molecular weight is 478 g/mol. The van der Waals surface area contributed by atoms with E-state index >= 15 is 0 Å². The molecule has 1 aromatic heterocycles. The largest absolute Gasteiger partial charge is 0.491 e. The maximum atomic E-state index is 6.38. The van der Waals surface area contributed by atoms with Crippen molar-refractivity contribution in [3.05, 3.63) is 82.3 Å². The number of hydrogen-bond donors (Lipinski definition) is 0. The van der Waals surface area contributed by atoms with Gasteiger partial charge in [0.25, 0.3) is 0 Å². The van der Waals surface area contributed by atoms with Crippen LogP contribution in [0.25, 0.3) is 0 Å². The van der Waals surface area contributed by atoms with Gasteiger partial charge in [-0.15, -0.1) is 0 Å². The monoisotopic (exact) mass is 476 g/mol. The van der Waals surface area contributed by atoms with Crippen LogP contribution in [0.3, 0.4) is 0 Å². The van der Waals surface area contributed by atoms with Crippen LogP contribution in [0.15, 0.2) is 71.7 Å². The van der Waals surface area contributed by atoms with Gasteiger partial charge in [0.05, 0.1) is 19.5 Å². The maximum absolute atomic E-state index is 6.38. The molecule has 152 valence electrons. The molecule has 2 unspecified atom stereocenters. The summed E-state index contributed by atoms with van der Waals surface area (Å²) in [5, 5.41) is 0.685. The highest BCUT2D eigenvalue weighted by Gasteiger charge is 2.42. The summed E-state index contributed by atoms with van der Waals surface area (Å²) >= 11 is 9.41. The van der Waals surface area contributed by atoms with Gasteiger partial charge >= 0.3 is 0 Å². The van der Waals surface area contributed by atoms with Gasteiger partial charge in [-0.25, -0.2) is 4.98 Å². The van der Waals surface area contributed by atoms with E-state index in [1.807, 2.05) is 35.0 Å². The van der Waals surface area contributed by atoms with Crippen LogP contribution in [0.4, 0.5) is 0 Å². The smallest absolute Gasteiger partial charge is 0.187 e. The average Bonchev–Trinajstić information content (AvgIpc) is 3.38. The second-order valence-electron chi connectivity index (χ2n) is 7.09. The van der Waals surface area contributed by atoms with Crippen LogP contribution in [-0.2, 0) is 22.4 Å². The fourth-order valence-electron chi connectivity index (χ4n) is 3.36. The summed E-state index contributed by atoms with van der Waals surface area (Å²) in [6, 6.07) is 15.7. The molecule has 2 heterocycles. The predicted octanol–water partition coefficient (Wildman–Crippen LogP) is 5.12. The first kappa shape index (κ1) is 20.4. The molecule has 5 nitrogen and oxygen atoms in total. The number of hydrogen-bond acceptors (Lipinski definition) is 4. The standard InChI is InChI=1S/C22H22BrClN2O3/c23-18-3-1-17(2-4-18)9-10-22(15-26-12-11-25-16-26)28-14-21(29-22)13-27-20-7-5-19(24)6-8-20/h1-8,11-12,16,21H,9-10,13-15H2. The Morgan fingerprint density at radius 2 is 1.97 bits per heavy atom. The van der Waals surface area contributed by atoms with Crippen molar-refractivity contribution in [3.63, 3.8) is 0 Å². The summed E-state index contributed by atoms with van der Waals surface area (Å²) in [4.78, 5) is 4.14. The van der Waals surface area contributed by atoms with Crippen molar-refractivity contribution < 1.29 is 14.2 Å². The number of rotatable bonds is 8. The number of imidazole rings is 1. The lowest BCUT2D eigenvalue weighted by molar-refractivity contribution is -0.184. The normalized spacial score (nSPS) is 21.4. The molecule has 1 fully saturated rings. The molecule has 0 saturated carbocycles. The lowest BCUT2D eigenvalue weighted by atomic mass is 10.0. The third-order valence-corrected chi connectivity index (χ3v) is 5.63. The van der Waals surface area contributed by atoms with E-state index in [9.17, 15) is 0 Å². The van der Waals surface area contributed by atoms with E-state index < -0.39 is 5.79 Å². The Balaban J connectivity index is 1.40. The molecule has 1 saturated heterocycles. The Morgan fingerprint density at radius 1 is 1.17 bits per heavy atom. The minimum atomic E-state index is -0.707. The quantitative estimate of drug-likeness (QED) is 0.452. The predicted molar refractivity (Wildman–Crippen MR) is 115 cm³/mol. The molecular formula is C22H22BrClN2O3. The SMILES string of the molecule is Clc1ccc(OCC2COC(CCc3ccc(Br)cc3)(Cn3ccnc3)O2)cc1. The van der Waals surface area contributed by atoms with Crippen LogP contribution in [-0.4, -0.2) is 34.7 Å². The van der Waals surface area contributed by atoms with Crippen LogP contribution >= 0.6 is 27.5 Å². The van der Waals surface area contributed by atoms with Crippen LogP contribution in [0.2, 0.25) is 5.02 Å². The molecule has 0 N–H and O–H groups in total. The number of aryl methyl sites for hydroxylation is 1. The highest BCUT2D eigenvalue weighted by molar-refractivity contribution is 9.10. The number of aromatic nitrogens is 2. The molecular weight excluding hydrogens is 456 g/mol. The van der Waals surface area contributed by atoms with Crippen LogP contribution in [0.1, 0.15) is 12.0 Å². The van der Waals surface area contributed by atoms with Crippen LogP contribution in [0.5, 0.6) is 5.75 Å². The molecule has 0 aliphatic carbocycles. The van der Waals surface area contributed by atoms with E-state index in [-0.39, 0.29) is 6.10 Å². The van der Waals surface area contributed by atoms with Crippen molar-refractivity contribution in [1.29, 1.82) is 0 Å². The summed E-state index contributed by atoms with van der Waals surface area (Å²) in [6.45, 7) is 1.50. The minimum Gasteiger partial charge on any atom is -0.491 e. The van der Waals surface area contributed by atoms with Gasteiger partial charge in [-0.2, -0.15) is 0 Å². The van der Waals surface area contributed by atoms with Gasteiger partial charge in [0, 0.05) is 28.3 Å². The first-order valence-electron chi connectivity index (χ1n) is 9.51.